The summed E-state index contributed by atoms with van der Waals surface area (Å²) in [4.78, 5) is 16.2. The van der Waals surface area contributed by atoms with Gasteiger partial charge in [-0.3, -0.25) is 10.3 Å². The number of ether oxygens (including phenoxy) is 1. The van der Waals surface area contributed by atoms with Crippen LogP contribution in [0.3, 0.4) is 0 Å². The van der Waals surface area contributed by atoms with E-state index in [4.69, 9.17) is 4.74 Å². The first-order valence-corrected chi connectivity index (χ1v) is 6.62. The lowest BCUT2D eigenvalue weighted by molar-refractivity contribution is 0.215. The number of nitrogens with zero attached hydrogens (tertiary/aromatic N) is 1. The Bertz CT molecular complexity index is 785. The van der Waals surface area contributed by atoms with Crippen LogP contribution in [0.2, 0.25) is 0 Å². The summed E-state index contributed by atoms with van der Waals surface area (Å²) < 4.78 is 5.23. The maximum absolute atomic E-state index is 12.0. The van der Waals surface area contributed by atoms with Crippen molar-refractivity contribution < 1.29 is 9.53 Å². The number of hydrogen-bond donors (Lipinski definition) is 1. The molecule has 4 nitrogen and oxygen atoms in total. The summed E-state index contributed by atoms with van der Waals surface area (Å²) in [6, 6.07) is 16.5. The molecule has 0 aliphatic carbocycles. The third kappa shape index (κ3) is 2.84. The highest BCUT2D eigenvalue weighted by Gasteiger charge is 2.08. The van der Waals surface area contributed by atoms with Gasteiger partial charge in [-0.25, -0.2) is 4.79 Å². The lowest BCUT2D eigenvalue weighted by Crippen LogP contribution is -2.16. The standard InChI is InChI=1S/C17H14N2O2/c1-12-14-8-5-9-16(15(14)10-11-18-12)19-17(20)21-13-6-3-2-4-7-13/h2-11H,1H3,(H,19,20). The fourth-order valence-electron chi connectivity index (χ4n) is 2.19. The first-order chi connectivity index (χ1) is 10.2. The van der Waals surface area contributed by atoms with Crippen molar-refractivity contribution in [1.82, 2.24) is 4.98 Å². The van der Waals surface area contributed by atoms with Gasteiger partial charge in [0.05, 0.1) is 5.69 Å². The van der Waals surface area contributed by atoms with Crippen LogP contribution in [-0.4, -0.2) is 11.1 Å². The number of carbonyl (C=O) groups excluding carboxylic acids is 1. The highest BCUT2D eigenvalue weighted by Crippen LogP contribution is 2.24. The Labute approximate surface area is 122 Å². The molecule has 1 amide bonds. The van der Waals surface area contributed by atoms with Gasteiger partial charge in [-0.05, 0) is 31.2 Å². The molecule has 0 spiro atoms. The summed E-state index contributed by atoms with van der Waals surface area (Å²) in [5.74, 6) is 0.507. The van der Waals surface area contributed by atoms with E-state index in [1.165, 1.54) is 0 Å². The van der Waals surface area contributed by atoms with E-state index in [0.29, 0.717) is 11.4 Å². The molecule has 3 aromatic rings. The monoisotopic (exact) mass is 278 g/mol. The normalized spacial score (nSPS) is 10.3. The van der Waals surface area contributed by atoms with Crippen LogP contribution in [0, 0.1) is 6.92 Å². The van der Waals surface area contributed by atoms with E-state index in [1.807, 2.05) is 49.4 Å². The smallest absolute Gasteiger partial charge is 0.410 e. The van der Waals surface area contributed by atoms with Gasteiger partial charge < -0.3 is 4.74 Å². The fraction of sp³-hybridized carbons (Fsp3) is 0.0588. The lowest BCUT2D eigenvalue weighted by Gasteiger charge is -2.10. The molecule has 2 aromatic carbocycles. The van der Waals surface area contributed by atoms with Crippen molar-refractivity contribution in [1.29, 1.82) is 0 Å². The molecule has 1 aromatic heterocycles. The van der Waals surface area contributed by atoms with Crippen LogP contribution in [-0.2, 0) is 0 Å². The average Bonchev–Trinajstić information content (AvgIpc) is 2.49. The number of carbonyl (C=O) groups is 1. The van der Waals surface area contributed by atoms with Crippen molar-refractivity contribution >= 4 is 22.6 Å². The minimum atomic E-state index is -0.511. The number of benzene rings is 2. The second-order valence-corrected chi connectivity index (χ2v) is 4.62. The Balaban J connectivity index is 1.85. The number of para-hydroxylation sites is 1. The maximum atomic E-state index is 12.0. The molecule has 0 unspecified atom stereocenters. The van der Waals surface area contributed by atoms with E-state index in [2.05, 4.69) is 10.3 Å². The molecule has 0 aliphatic heterocycles. The number of amides is 1. The number of aryl methyl sites for hydroxylation is 1. The van der Waals surface area contributed by atoms with Crippen molar-refractivity contribution in [3.8, 4) is 5.75 Å². The van der Waals surface area contributed by atoms with Crippen LogP contribution in [0.1, 0.15) is 5.69 Å². The second-order valence-electron chi connectivity index (χ2n) is 4.62. The molecular weight excluding hydrogens is 264 g/mol. The number of pyridine rings is 1. The quantitative estimate of drug-likeness (QED) is 0.766. The molecule has 0 fully saturated rings. The average molecular weight is 278 g/mol. The van der Waals surface area contributed by atoms with E-state index in [-0.39, 0.29) is 0 Å². The fourth-order valence-corrected chi connectivity index (χ4v) is 2.19. The number of anilines is 1. The minimum Gasteiger partial charge on any atom is -0.410 e. The van der Waals surface area contributed by atoms with E-state index in [0.717, 1.165) is 16.5 Å². The van der Waals surface area contributed by atoms with Crippen molar-refractivity contribution in [2.45, 2.75) is 6.92 Å². The summed E-state index contributed by atoms with van der Waals surface area (Å²) in [6.45, 7) is 1.94. The van der Waals surface area contributed by atoms with E-state index >= 15 is 0 Å². The first kappa shape index (κ1) is 13.1. The van der Waals surface area contributed by atoms with E-state index in [9.17, 15) is 4.79 Å². The van der Waals surface area contributed by atoms with Crippen LogP contribution in [0.25, 0.3) is 10.8 Å². The van der Waals surface area contributed by atoms with Gasteiger partial charge in [-0.2, -0.15) is 0 Å². The van der Waals surface area contributed by atoms with Gasteiger partial charge in [0.1, 0.15) is 5.75 Å². The van der Waals surface area contributed by atoms with Crippen molar-refractivity contribution in [2.24, 2.45) is 0 Å². The largest absolute Gasteiger partial charge is 0.417 e. The second kappa shape index (κ2) is 5.63. The highest BCUT2D eigenvalue weighted by atomic mass is 16.6. The third-order valence-electron chi connectivity index (χ3n) is 3.20. The molecule has 104 valence electrons. The zero-order chi connectivity index (χ0) is 14.7. The highest BCUT2D eigenvalue weighted by molar-refractivity contribution is 6.01. The number of nitrogens with one attached hydrogen (secondary N) is 1. The molecule has 0 saturated heterocycles. The van der Waals surface area contributed by atoms with Gasteiger partial charge in [-0.1, -0.05) is 30.3 Å². The number of fused-ring (bicyclic) bond motifs is 1. The van der Waals surface area contributed by atoms with Crippen molar-refractivity contribution in [3.05, 3.63) is 66.5 Å². The van der Waals surface area contributed by atoms with Crippen LogP contribution in [0.4, 0.5) is 10.5 Å². The van der Waals surface area contributed by atoms with Crippen LogP contribution < -0.4 is 10.1 Å². The number of rotatable bonds is 2. The Kier molecular flexibility index (Phi) is 3.51. The summed E-state index contributed by atoms with van der Waals surface area (Å²) >= 11 is 0. The van der Waals surface area contributed by atoms with Gasteiger partial charge in [0.2, 0.25) is 0 Å². The zero-order valence-electron chi connectivity index (χ0n) is 11.5. The molecule has 0 radical (unpaired) electrons. The molecule has 0 aliphatic rings. The lowest BCUT2D eigenvalue weighted by atomic mass is 10.1. The molecule has 21 heavy (non-hydrogen) atoms. The number of hydrogen-bond acceptors (Lipinski definition) is 3. The Hall–Kier alpha value is -2.88. The van der Waals surface area contributed by atoms with Gasteiger partial charge in [0.25, 0.3) is 0 Å². The minimum absolute atomic E-state index is 0.507. The maximum Gasteiger partial charge on any atom is 0.417 e. The van der Waals surface area contributed by atoms with Gasteiger partial charge in [0.15, 0.2) is 0 Å². The first-order valence-electron chi connectivity index (χ1n) is 6.62. The summed E-state index contributed by atoms with van der Waals surface area (Å²) in [5.41, 5.74) is 1.63. The van der Waals surface area contributed by atoms with Crippen molar-refractivity contribution in [2.75, 3.05) is 5.32 Å². The van der Waals surface area contributed by atoms with E-state index in [1.54, 1.807) is 18.3 Å². The summed E-state index contributed by atoms with van der Waals surface area (Å²) in [7, 11) is 0. The van der Waals surface area contributed by atoms with E-state index < -0.39 is 6.09 Å². The molecule has 1 N–H and O–H groups in total. The summed E-state index contributed by atoms with van der Waals surface area (Å²) in [5, 5.41) is 4.72. The van der Waals surface area contributed by atoms with Crippen LogP contribution in [0.15, 0.2) is 60.8 Å². The molecule has 3 rings (SSSR count). The topological polar surface area (TPSA) is 51.2 Å². The van der Waals surface area contributed by atoms with Crippen LogP contribution >= 0.6 is 0 Å². The molecule has 0 atom stereocenters. The van der Waals surface area contributed by atoms with Crippen molar-refractivity contribution in [3.63, 3.8) is 0 Å². The summed E-state index contributed by atoms with van der Waals surface area (Å²) in [6.07, 6.45) is 1.22. The molecule has 0 bridgehead atoms. The zero-order valence-corrected chi connectivity index (χ0v) is 11.5. The Morgan fingerprint density at radius 3 is 2.62 bits per heavy atom. The molecular formula is C17H14N2O2. The Morgan fingerprint density at radius 2 is 1.81 bits per heavy atom. The SMILES string of the molecule is Cc1nccc2c(NC(=O)Oc3ccccc3)cccc12. The molecule has 1 heterocycles. The molecule has 4 heteroatoms. The molecule has 0 saturated carbocycles. The predicted molar refractivity (Wildman–Crippen MR) is 82.6 cm³/mol. The third-order valence-corrected chi connectivity index (χ3v) is 3.20. The van der Waals surface area contributed by atoms with Gasteiger partial charge in [-0.15, -0.1) is 0 Å². The van der Waals surface area contributed by atoms with Crippen LogP contribution in [0.5, 0.6) is 5.75 Å². The predicted octanol–water partition coefficient (Wildman–Crippen LogP) is 4.15. The number of aromatic nitrogens is 1. The van der Waals surface area contributed by atoms with Gasteiger partial charge >= 0.3 is 6.09 Å². The Morgan fingerprint density at radius 1 is 1.00 bits per heavy atom. The van der Waals surface area contributed by atoms with Gasteiger partial charge in [0, 0.05) is 22.7 Å².